The Bertz CT molecular complexity index is 7.51. The summed E-state index contributed by atoms with van der Waals surface area (Å²) >= 11 is 0. The summed E-state index contributed by atoms with van der Waals surface area (Å²) in [7, 11) is 0. The fourth-order valence-electron chi connectivity index (χ4n) is 0. The third-order valence-electron chi connectivity index (χ3n) is 0. The molecule has 6 heteroatoms. The van der Waals surface area contributed by atoms with Gasteiger partial charge in [-0.15, -0.1) is 24.0 Å². The second kappa shape index (κ2) is 103. The molecule has 0 aromatic rings. The first kappa shape index (κ1) is 168. The molecule has 0 radical (unpaired) electrons. The fraction of sp³-hybridized carbons (Fsp3) is 0. The van der Waals surface area contributed by atoms with E-state index >= 15 is 0 Å². The molecule has 0 aliphatic rings. The number of rotatable bonds is 0. The molecule has 0 saturated carbocycles. The molecule has 6 heavy (non-hydrogen) atoms. The quantitative estimate of drug-likeness (QED) is 0.222. The maximum atomic E-state index is 0. The maximum absolute atomic E-state index is 0. The molecule has 0 spiro atoms. The van der Waals surface area contributed by atoms with E-state index in [1.165, 1.54) is 0 Å². The van der Waals surface area contributed by atoms with Crippen molar-refractivity contribution in [1.82, 2.24) is 0 Å². The molecule has 0 aromatic heterocycles. The zero-order valence-electron chi connectivity index (χ0n) is 2.42. The van der Waals surface area contributed by atoms with Crippen molar-refractivity contribution in [3.63, 3.8) is 0 Å². The molecular weight excluding hydrogens is 381 g/mol. The van der Waals surface area contributed by atoms with Gasteiger partial charge in [0, 0.05) is 0 Å². The molecular formula is HF4HfI. The largest absolute Gasteiger partial charge is 4.00 e. The summed E-state index contributed by atoms with van der Waals surface area (Å²) in [5.74, 6) is 0. The maximum Gasteiger partial charge on any atom is 4.00 e. The molecule has 40 valence electrons. The van der Waals surface area contributed by atoms with E-state index < -0.39 is 0 Å². The van der Waals surface area contributed by atoms with Gasteiger partial charge in [0.1, 0.15) is 0 Å². The smallest absolute Gasteiger partial charge is 1.00 e. The van der Waals surface area contributed by atoms with E-state index in [2.05, 4.69) is 0 Å². The van der Waals surface area contributed by atoms with Gasteiger partial charge in [-0.3, -0.25) is 0 Å². The monoisotopic (exact) mass is 384 g/mol. The van der Waals surface area contributed by atoms with E-state index in [9.17, 15) is 0 Å². The van der Waals surface area contributed by atoms with Gasteiger partial charge in [-0.1, -0.05) is 0 Å². The summed E-state index contributed by atoms with van der Waals surface area (Å²) in [5.41, 5.74) is 0. The van der Waals surface area contributed by atoms with E-state index in [0.29, 0.717) is 0 Å². The summed E-state index contributed by atoms with van der Waals surface area (Å²) in [6.45, 7) is 0. The van der Waals surface area contributed by atoms with E-state index in [1.54, 1.807) is 0 Å². The van der Waals surface area contributed by atoms with Crippen molar-refractivity contribution in [3.8, 4) is 0 Å². The minimum Gasteiger partial charge on any atom is -1.00 e. The molecule has 0 unspecified atom stereocenters. The van der Waals surface area contributed by atoms with Crippen molar-refractivity contribution in [1.29, 1.82) is 0 Å². The van der Waals surface area contributed by atoms with Gasteiger partial charge in [0.2, 0.25) is 0 Å². The second-order valence-corrected chi connectivity index (χ2v) is 0. The normalized spacial score (nSPS) is 0. The minimum atomic E-state index is 0. The van der Waals surface area contributed by atoms with Crippen LogP contribution >= 0.6 is 24.0 Å². The Morgan fingerprint density at radius 2 is 0.500 bits per heavy atom. The predicted molar refractivity (Wildman–Crippen MR) is 15.4 cm³/mol. The summed E-state index contributed by atoms with van der Waals surface area (Å²) in [4.78, 5) is 0. The van der Waals surface area contributed by atoms with Gasteiger partial charge in [0.15, 0.2) is 0 Å². The van der Waals surface area contributed by atoms with Crippen molar-refractivity contribution in [2.24, 2.45) is 0 Å². The van der Waals surface area contributed by atoms with E-state index in [0.717, 1.165) is 0 Å². The van der Waals surface area contributed by atoms with E-state index in [-0.39, 0.29) is 68.6 Å². The summed E-state index contributed by atoms with van der Waals surface area (Å²) in [6.07, 6.45) is 0. The summed E-state index contributed by atoms with van der Waals surface area (Å²) < 4.78 is 0. The Hall–Kier alpha value is 1.32. The van der Waals surface area contributed by atoms with Crippen LogP contribution in [0.15, 0.2) is 0 Å². The molecule has 0 bridgehead atoms. The SMILES string of the molecule is I.[F-].[F-].[F-].[F-].[Hf+4]. The van der Waals surface area contributed by atoms with Crippen LogP contribution in [-0.2, 0) is 25.8 Å². The van der Waals surface area contributed by atoms with Crippen molar-refractivity contribution >= 4 is 24.0 Å². The minimum absolute atomic E-state index is 0. The van der Waals surface area contributed by atoms with Crippen molar-refractivity contribution in [2.45, 2.75) is 0 Å². The molecule has 0 rings (SSSR count). The van der Waals surface area contributed by atoms with Gasteiger partial charge in [-0.2, -0.15) is 0 Å². The predicted octanol–water partition coefficient (Wildman–Crippen LogP) is -11.4. The molecule has 0 saturated heterocycles. The first-order valence-electron chi connectivity index (χ1n) is 0. The molecule has 0 fully saturated rings. The molecule has 0 atom stereocenters. The van der Waals surface area contributed by atoms with E-state index in [4.69, 9.17) is 0 Å². The summed E-state index contributed by atoms with van der Waals surface area (Å²) in [5, 5.41) is 0. The first-order valence-corrected chi connectivity index (χ1v) is 0. The summed E-state index contributed by atoms with van der Waals surface area (Å²) in [6, 6.07) is 0. The van der Waals surface area contributed by atoms with Crippen LogP contribution in [0.3, 0.4) is 0 Å². The molecule has 0 aromatic carbocycles. The van der Waals surface area contributed by atoms with Crippen LogP contribution in [0.5, 0.6) is 0 Å². The number of halogens is 5. The van der Waals surface area contributed by atoms with Gasteiger partial charge in [0.25, 0.3) is 0 Å². The molecule has 0 nitrogen and oxygen atoms in total. The van der Waals surface area contributed by atoms with Gasteiger partial charge in [0.05, 0.1) is 0 Å². The standard InChI is InChI=1S/4FH.Hf.HI/h4*1H;;1H/q;;;;+4;/p-4. The third kappa shape index (κ3) is 57.0. The van der Waals surface area contributed by atoms with Crippen molar-refractivity contribution in [3.05, 3.63) is 0 Å². The van der Waals surface area contributed by atoms with Gasteiger partial charge < -0.3 is 18.8 Å². The van der Waals surface area contributed by atoms with Gasteiger partial charge >= 0.3 is 25.8 Å². The molecule has 0 amide bonds. The average molecular weight is 382 g/mol. The van der Waals surface area contributed by atoms with Crippen LogP contribution in [0.2, 0.25) is 0 Å². The second-order valence-electron chi connectivity index (χ2n) is 0. The molecule has 0 heterocycles. The fourth-order valence-corrected chi connectivity index (χ4v) is 0. The topological polar surface area (TPSA) is 0 Å². The zero-order chi connectivity index (χ0) is 0. The van der Waals surface area contributed by atoms with Crippen LogP contribution in [0.1, 0.15) is 0 Å². The Morgan fingerprint density at radius 3 is 0.500 bits per heavy atom. The number of hydrogen-bond donors (Lipinski definition) is 0. The Morgan fingerprint density at radius 1 is 0.500 bits per heavy atom. The van der Waals surface area contributed by atoms with Gasteiger partial charge in [-0.25, -0.2) is 0 Å². The Kier molecular flexibility index (Phi) is 2870. The number of hydrogen-bond acceptors (Lipinski definition) is 0. The van der Waals surface area contributed by atoms with Crippen molar-refractivity contribution < 1.29 is 44.7 Å². The van der Waals surface area contributed by atoms with Crippen LogP contribution in [0, 0.1) is 0 Å². The van der Waals surface area contributed by atoms with Crippen molar-refractivity contribution in [2.75, 3.05) is 0 Å². The molecule has 0 N–H and O–H groups in total. The Balaban J connectivity index is 0. The van der Waals surface area contributed by atoms with Crippen LogP contribution < -0.4 is 18.8 Å². The molecule has 0 aliphatic heterocycles. The van der Waals surface area contributed by atoms with Gasteiger partial charge in [-0.05, 0) is 0 Å². The zero-order valence-corrected chi connectivity index (χ0v) is 8.34. The van der Waals surface area contributed by atoms with E-state index in [1.807, 2.05) is 0 Å². The Labute approximate surface area is 68.3 Å². The first-order chi connectivity index (χ1) is 0. The average Bonchev–Trinajstić information content (AvgIpc) is 0. The van der Waals surface area contributed by atoms with Crippen LogP contribution in [-0.4, -0.2) is 0 Å². The molecule has 0 aliphatic carbocycles. The van der Waals surface area contributed by atoms with Crippen LogP contribution in [0.4, 0.5) is 0 Å². The van der Waals surface area contributed by atoms with Crippen LogP contribution in [0.25, 0.3) is 0 Å². The third-order valence-corrected chi connectivity index (χ3v) is 0.